The zero-order valence-electron chi connectivity index (χ0n) is 35.6. The van der Waals surface area contributed by atoms with Gasteiger partial charge in [0.1, 0.15) is 11.7 Å². The van der Waals surface area contributed by atoms with Gasteiger partial charge in [-0.1, -0.05) is 51.1 Å². The molecular formula is C42H69N3O11. The van der Waals surface area contributed by atoms with Crippen LogP contribution in [0.2, 0.25) is 0 Å². The zero-order chi connectivity index (χ0) is 41.7. The number of rotatable bonds is 9. The Bertz CT molecular complexity index is 1450. The summed E-state index contributed by atoms with van der Waals surface area (Å²) in [6.45, 7) is 14.5. The Balaban J connectivity index is 1.79. The van der Waals surface area contributed by atoms with E-state index in [1.165, 1.54) is 14.0 Å². The number of benzene rings is 1. The van der Waals surface area contributed by atoms with Crippen LogP contribution < -0.4 is 5.32 Å². The van der Waals surface area contributed by atoms with Gasteiger partial charge >= 0.3 is 5.97 Å². The molecule has 0 bridgehead atoms. The van der Waals surface area contributed by atoms with Gasteiger partial charge in [-0.05, 0) is 72.5 Å². The molecule has 4 rings (SSSR count). The molecule has 0 spiro atoms. The highest BCUT2D eigenvalue weighted by atomic mass is 16.7. The summed E-state index contributed by atoms with van der Waals surface area (Å²) in [6, 6.07) is 8.92. The summed E-state index contributed by atoms with van der Waals surface area (Å²) >= 11 is 0. The first kappa shape index (κ1) is 46.0. The molecule has 3 fully saturated rings. The van der Waals surface area contributed by atoms with Crippen molar-refractivity contribution in [2.24, 2.45) is 17.8 Å². The molecule has 318 valence electrons. The average molecular weight is 792 g/mol. The number of amides is 2. The van der Waals surface area contributed by atoms with E-state index in [4.69, 9.17) is 28.4 Å². The Morgan fingerprint density at radius 2 is 1.68 bits per heavy atom. The van der Waals surface area contributed by atoms with Crippen LogP contribution in [0.1, 0.15) is 86.6 Å². The molecule has 3 N–H and O–H groups in total. The second-order valence-electron chi connectivity index (χ2n) is 17.4. The zero-order valence-corrected chi connectivity index (χ0v) is 35.6. The number of hydrogen-bond donors (Lipinski definition) is 3. The average Bonchev–Trinajstić information content (AvgIpc) is 3.11. The summed E-state index contributed by atoms with van der Waals surface area (Å²) in [5, 5.41) is 27.3. The highest BCUT2D eigenvalue weighted by Gasteiger charge is 2.52. The lowest BCUT2D eigenvalue weighted by Gasteiger charge is -2.49. The highest BCUT2D eigenvalue weighted by Crippen LogP contribution is 2.40. The maximum atomic E-state index is 14.5. The fraction of sp³-hybridized carbons (Fsp3) is 0.786. The quantitative estimate of drug-likeness (QED) is 0.313. The van der Waals surface area contributed by atoms with Crippen molar-refractivity contribution in [2.45, 2.75) is 160 Å². The van der Waals surface area contributed by atoms with Crippen molar-refractivity contribution in [3.8, 4) is 0 Å². The lowest BCUT2D eigenvalue weighted by Crippen LogP contribution is -2.61. The number of carbonyl (C=O) groups excluding carboxylic acids is 3. The van der Waals surface area contributed by atoms with E-state index in [0.717, 1.165) is 5.56 Å². The van der Waals surface area contributed by atoms with Gasteiger partial charge < -0.3 is 53.8 Å². The first-order valence-electron chi connectivity index (χ1n) is 20.1. The molecule has 56 heavy (non-hydrogen) atoms. The van der Waals surface area contributed by atoms with Crippen LogP contribution in [-0.2, 0) is 49.2 Å². The van der Waals surface area contributed by atoms with Gasteiger partial charge in [-0.15, -0.1) is 0 Å². The fourth-order valence-corrected chi connectivity index (χ4v) is 9.04. The van der Waals surface area contributed by atoms with Gasteiger partial charge in [0, 0.05) is 58.5 Å². The largest absolute Gasteiger partial charge is 0.457 e. The molecule has 14 heteroatoms. The second kappa shape index (κ2) is 19.4. The van der Waals surface area contributed by atoms with Gasteiger partial charge in [-0.3, -0.25) is 14.4 Å². The predicted octanol–water partition coefficient (Wildman–Crippen LogP) is 3.29. The summed E-state index contributed by atoms with van der Waals surface area (Å²) in [7, 11) is 7.06. The Morgan fingerprint density at radius 3 is 2.29 bits per heavy atom. The summed E-state index contributed by atoms with van der Waals surface area (Å²) < 4.78 is 37.8. The molecular weight excluding hydrogens is 722 g/mol. The Morgan fingerprint density at radius 1 is 1.02 bits per heavy atom. The fourth-order valence-electron chi connectivity index (χ4n) is 9.04. The molecule has 1 aromatic carbocycles. The first-order valence-corrected chi connectivity index (χ1v) is 20.1. The predicted molar refractivity (Wildman–Crippen MR) is 209 cm³/mol. The summed E-state index contributed by atoms with van der Waals surface area (Å²) in [5.74, 6) is -2.69. The van der Waals surface area contributed by atoms with E-state index in [9.17, 15) is 24.6 Å². The number of aliphatic hydroxyl groups is 2. The number of esters is 1. The lowest BCUT2D eigenvalue weighted by molar-refractivity contribution is -0.318. The summed E-state index contributed by atoms with van der Waals surface area (Å²) in [5.41, 5.74) is -1.57. The van der Waals surface area contributed by atoms with Crippen LogP contribution in [-0.4, -0.2) is 145 Å². The third kappa shape index (κ3) is 11.5. The van der Waals surface area contributed by atoms with E-state index in [0.29, 0.717) is 19.4 Å². The maximum Gasteiger partial charge on any atom is 0.303 e. The van der Waals surface area contributed by atoms with E-state index >= 15 is 0 Å². The number of ether oxygens (including phenoxy) is 6. The van der Waals surface area contributed by atoms with Crippen LogP contribution in [0.25, 0.3) is 0 Å². The van der Waals surface area contributed by atoms with Crippen molar-refractivity contribution in [3.05, 3.63) is 35.9 Å². The van der Waals surface area contributed by atoms with Crippen molar-refractivity contribution in [2.75, 3.05) is 34.8 Å². The number of hydrogen-bond acceptors (Lipinski definition) is 12. The molecule has 2 amide bonds. The van der Waals surface area contributed by atoms with Crippen LogP contribution in [0.15, 0.2) is 30.3 Å². The first-order chi connectivity index (χ1) is 26.1. The molecule has 0 aromatic heterocycles. The minimum atomic E-state index is -1.56. The number of likely N-dealkylation sites (N-methyl/N-ethyl adjacent to an activating group) is 1. The standard InChI is InChI=1S/C42H69N3O11/c1-24-21-41(7,50)37(56-40-35(48)32(44(9)10)18-25(2)52-40)26(3)36(55-34-22-42(8,51-12)38(28(5)53-34)54-29(6)46)27(4)39(49)43-31(20-33(47)45(11)23-24)19-30-16-14-13-15-17-30/h13-17,24-28,31-32,34-38,40,48,50H,18-23H2,1-12H3,(H,43,49)/t24-,25-,26+,27-,28+,31?,32+,34+,35-,36+,37-,38+,40+,41-,42-/m1/s1. The Labute approximate surface area is 333 Å². The minimum absolute atomic E-state index is 0.0783. The third-order valence-electron chi connectivity index (χ3n) is 12.0. The van der Waals surface area contributed by atoms with Crippen LogP contribution in [0.5, 0.6) is 0 Å². The maximum absolute atomic E-state index is 14.5. The molecule has 3 saturated heterocycles. The number of nitrogens with one attached hydrogen (secondary N) is 1. The monoisotopic (exact) mass is 791 g/mol. The molecule has 0 aliphatic carbocycles. The second-order valence-corrected chi connectivity index (χ2v) is 17.4. The van der Waals surface area contributed by atoms with Gasteiger partial charge in [0.25, 0.3) is 0 Å². The molecule has 3 aliphatic rings. The van der Waals surface area contributed by atoms with Crippen LogP contribution in [0.3, 0.4) is 0 Å². The van der Waals surface area contributed by atoms with E-state index in [1.807, 2.05) is 77.0 Å². The van der Waals surface area contributed by atoms with E-state index in [2.05, 4.69) is 5.32 Å². The van der Waals surface area contributed by atoms with Crippen molar-refractivity contribution in [1.29, 1.82) is 0 Å². The lowest BCUT2D eigenvalue weighted by atomic mass is 9.77. The Kier molecular flexibility index (Phi) is 15.9. The van der Waals surface area contributed by atoms with E-state index in [-0.39, 0.29) is 49.1 Å². The topological polar surface area (TPSA) is 166 Å². The Hall–Kier alpha value is -2.69. The highest BCUT2D eigenvalue weighted by molar-refractivity contribution is 5.81. The molecule has 3 aliphatic heterocycles. The van der Waals surface area contributed by atoms with E-state index in [1.54, 1.807) is 32.7 Å². The van der Waals surface area contributed by atoms with Crippen molar-refractivity contribution in [1.82, 2.24) is 15.1 Å². The van der Waals surface area contributed by atoms with Crippen molar-refractivity contribution in [3.63, 3.8) is 0 Å². The van der Waals surface area contributed by atoms with E-state index < -0.39 is 78.1 Å². The number of nitrogens with zero attached hydrogens (tertiary/aromatic N) is 2. The van der Waals surface area contributed by atoms with Gasteiger partial charge in [0.05, 0.1) is 35.9 Å². The molecule has 0 saturated carbocycles. The normalized spacial score (nSPS) is 40.8. The molecule has 1 unspecified atom stereocenters. The van der Waals surface area contributed by atoms with Crippen molar-refractivity contribution >= 4 is 17.8 Å². The van der Waals surface area contributed by atoms with Gasteiger partial charge in [0.15, 0.2) is 18.7 Å². The third-order valence-corrected chi connectivity index (χ3v) is 12.0. The van der Waals surface area contributed by atoms with Crippen LogP contribution >= 0.6 is 0 Å². The van der Waals surface area contributed by atoms with Crippen molar-refractivity contribution < 1.29 is 53.0 Å². The van der Waals surface area contributed by atoms with Gasteiger partial charge in [0.2, 0.25) is 11.8 Å². The molecule has 14 nitrogen and oxygen atoms in total. The minimum Gasteiger partial charge on any atom is -0.457 e. The molecule has 0 radical (unpaired) electrons. The summed E-state index contributed by atoms with van der Waals surface area (Å²) in [4.78, 5) is 43.9. The number of methoxy groups -OCH3 is 1. The van der Waals surface area contributed by atoms with Crippen LogP contribution in [0.4, 0.5) is 0 Å². The SMILES string of the molecule is CO[C@]1(C)C[C@H](O[C@H]2[C@H](C)[C@@H](O[C@@H]3O[C@H](C)C[C@H](N(C)C)[C@H]3O)[C@](C)(O)C[C@@H](C)CN(C)C(=O)CC(Cc3ccccc3)NC(=O)[C@@H]2C)O[C@@H](C)[C@@H]1OC(C)=O. The van der Waals surface area contributed by atoms with Gasteiger partial charge in [-0.25, -0.2) is 0 Å². The summed E-state index contributed by atoms with van der Waals surface area (Å²) in [6.07, 6.45) is -5.17. The molecule has 1 aromatic rings. The molecule has 15 atom stereocenters. The molecule has 3 heterocycles. The number of aliphatic hydroxyl groups excluding tert-OH is 1. The number of carbonyl (C=O) groups is 3. The van der Waals surface area contributed by atoms with Crippen LogP contribution in [0, 0.1) is 17.8 Å². The van der Waals surface area contributed by atoms with Gasteiger partial charge in [-0.2, -0.15) is 0 Å². The smallest absolute Gasteiger partial charge is 0.303 e.